The van der Waals surface area contributed by atoms with Gasteiger partial charge in [0.1, 0.15) is 0 Å². The summed E-state index contributed by atoms with van der Waals surface area (Å²) >= 11 is 0. The number of para-hydroxylation sites is 1. The molecule has 3 N–H and O–H groups in total. The molecular weight excluding hydrogens is 190 g/mol. The SMILES string of the molecule is C#CCC.Nc1ccccc1CC(=O)O. The van der Waals surface area contributed by atoms with Crippen molar-refractivity contribution in [2.24, 2.45) is 0 Å². The second-order valence-electron chi connectivity index (χ2n) is 2.83. The van der Waals surface area contributed by atoms with Crippen molar-refractivity contribution < 1.29 is 9.90 Å². The van der Waals surface area contributed by atoms with Crippen LogP contribution in [0.25, 0.3) is 0 Å². The van der Waals surface area contributed by atoms with Crippen molar-refractivity contribution in [2.45, 2.75) is 19.8 Å². The summed E-state index contributed by atoms with van der Waals surface area (Å²) in [6, 6.07) is 6.96. The molecule has 0 heterocycles. The van der Waals surface area contributed by atoms with Crippen LogP contribution in [0.15, 0.2) is 24.3 Å². The van der Waals surface area contributed by atoms with E-state index in [-0.39, 0.29) is 6.42 Å². The number of nitrogens with two attached hydrogens (primary N) is 1. The number of hydrogen-bond donors (Lipinski definition) is 2. The van der Waals surface area contributed by atoms with Crippen LogP contribution in [0.2, 0.25) is 0 Å². The summed E-state index contributed by atoms with van der Waals surface area (Å²) < 4.78 is 0. The van der Waals surface area contributed by atoms with Crippen LogP contribution in [0.3, 0.4) is 0 Å². The van der Waals surface area contributed by atoms with E-state index in [9.17, 15) is 4.79 Å². The van der Waals surface area contributed by atoms with Gasteiger partial charge in [0.05, 0.1) is 6.42 Å². The fourth-order valence-corrected chi connectivity index (χ4v) is 0.858. The lowest BCUT2D eigenvalue weighted by Gasteiger charge is -1.99. The zero-order valence-electron chi connectivity index (χ0n) is 8.73. The van der Waals surface area contributed by atoms with E-state index in [1.165, 1.54) is 0 Å². The third kappa shape index (κ3) is 6.17. The van der Waals surface area contributed by atoms with Gasteiger partial charge >= 0.3 is 5.97 Å². The number of hydrogen-bond acceptors (Lipinski definition) is 2. The molecule has 3 heteroatoms. The minimum absolute atomic E-state index is 0.00727. The molecule has 1 aromatic carbocycles. The van der Waals surface area contributed by atoms with E-state index in [1.807, 2.05) is 6.92 Å². The Morgan fingerprint density at radius 1 is 1.53 bits per heavy atom. The maximum Gasteiger partial charge on any atom is 0.307 e. The van der Waals surface area contributed by atoms with Gasteiger partial charge in [-0.05, 0) is 11.6 Å². The Kier molecular flexibility index (Phi) is 6.48. The number of carboxylic acid groups (broad SMARTS) is 1. The van der Waals surface area contributed by atoms with Crippen LogP contribution >= 0.6 is 0 Å². The Morgan fingerprint density at radius 3 is 2.47 bits per heavy atom. The van der Waals surface area contributed by atoms with Gasteiger partial charge in [0.15, 0.2) is 0 Å². The van der Waals surface area contributed by atoms with Crippen LogP contribution in [0.1, 0.15) is 18.9 Å². The Labute approximate surface area is 89.9 Å². The monoisotopic (exact) mass is 205 g/mol. The Bertz CT molecular complexity index is 353. The van der Waals surface area contributed by atoms with Crippen LogP contribution in [-0.4, -0.2) is 11.1 Å². The van der Waals surface area contributed by atoms with E-state index in [0.717, 1.165) is 6.42 Å². The molecule has 0 aromatic heterocycles. The Hall–Kier alpha value is -1.95. The highest BCUT2D eigenvalue weighted by Crippen LogP contribution is 2.10. The molecule has 1 rings (SSSR count). The minimum atomic E-state index is -0.858. The molecule has 0 bridgehead atoms. The highest BCUT2D eigenvalue weighted by molar-refractivity contribution is 5.72. The molecule has 0 saturated heterocycles. The number of terminal acetylenes is 1. The van der Waals surface area contributed by atoms with Crippen molar-refractivity contribution in [1.29, 1.82) is 0 Å². The van der Waals surface area contributed by atoms with Crippen molar-refractivity contribution in [3.63, 3.8) is 0 Å². The summed E-state index contributed by atoms with van der Waals surface area (Å²) in [5.41, 5.74) is 6.71. The lowest BCUT2D eigenvalue weighted by molar-refractivity contribution is -0.136. The Balaban J connectivity index is 0.000000423. The maximum absolute atomic E-state index is 10.3. The summed E-state index contributed by atoms with van der Waals surface area (Å²) in [7, 11) is 0. The van der Waals surface area contributed by atoms with Gasteiger partial charge in [-0.2, -0.15) is 0 Å². The van der Waals surface area contributed by atoms with Gasteiger partial charge in [-0.3, -0.25) is 4.79 Å². The number of aliphatic carboxylic acids is 1. The first kappa shape index (κ1) is 13.1. The van der Waals surface area contributed by atoms with E-state index >= 15 is 0 Å². The molecule has 0 spiro atoms. The number of anilines is 1. The molecular formula is C12H15NO2. The van der Waals surface area contributed by atoms with Gasteiger partial charge in [0.25, 0.3) is 0 Å². The largest absolute Gasteiger partial charge is 0.481 e. The predicted molar refractivity (Wildman–Crippen MR) is 61.3 cm³/mol. The summed E-state index contributed by atoms with van der Waals surface area (Å²) in [6.45, 7) is 1.94. The fourth-order valence-electron chi connectivity index (χ4n) is 0.858. The van der Waals surface area contributed by atoms with Crippen LogP contribution in [0.5, 0.6) is 0 Å². The molecule has 0 aliphatic rings. The lowest BCUT2D eigenvalue weighted by atomic mass is 10.1. The smallest absolute Gasteiger partial charge is 0.307 e. The molecule has 0 unspecified atom stereocenters. The predicted octanol–water partition coefficient (Wildman–Crippen LogP) is 1.93. The van der Waals surface area contributed by atoms with Crippen molar-refractivity contribution in [3.8, 4) is 12.3 Å². The van der Waals surface area contributed by atoms with Gasteiger partial charge in [0.2, 0.25) is 0 Å². The summed E-state index contributed by atoms with van der Waals surface area (Å²) in [4.78, 5) is 10.3. The van der Waals surface area contributed by atoms with E-state index in [1.54, 1.807) is 24.3 Å². The van der Waals surface area contributed by atoms with E-state index in [4.69, 9.17) is 17.3 Å². The molecule has 0 saturated carbocycles. The average molecular weight is 205 g/mol. The van der Waals surface area contributed by atoms with Crippen molar-refractivity contribution in [2.75, 3.05) is 5.73 Å². The van der Waals surface area contributed by atoms with E-state index in [0.29, 0.717) is 11.3 Å². The van der Waals surface area contributed by atoms with Crippen LogP contribution in [-0.2, 0) is 11.2 Å². The Morgan fingerprint density at radius 2 is 2.07 bits per heavy atom. The number of carboxylic acids is 1. The second kappa shape index (κ2) is 7.45. The number of nitrogen functional groups attached to an aromatic ring is 1. The highest BCUT2D eigenvalue weighted by Gasteiger charge is 2.01. The molecule has 3 nitrogen and oxygen atoms in total. The van der Waals surface area contributed by atoms with E-state index < -0.39 is 5.97 Å². The normalized spacial score (nSPS) is 8.27. The topological polar surface area (TPSA) is 63.3 Å². The van der Waals surface area contributed by atoms with Gasteiger partial charge in [-0.25, -0.2) is 0 Å². The summed E-state index contributed by atoms with van der Waals surface area (Å²) in [5.74, 6) is 1.57. The van der Waals surface area contributed by atoms with Crippen LogP contribution in [0, 0.1) is 12.3 Å². The molecule has 0 radical (unpaired) electrons. The zero-order valence-corrected chi connectivity index (χ0v) is 8.73. The molecule has 80 valence electrons. The van der Waals surface area contributed by atoms with Gasteiger partial charge in [-0.15, -0.1) is 12.3 Å². The van der Waals surface area contributed by atoms with Crippen molar-refractivity contribution in [3.05, 3.63) is 29.8 Å². The fraction of sp³-hybridized carbons (Fsp3) is 0.250. The van der Waals surface area contributed by atoms with Crippen LogP contribution in [0.4, 0.5) is 5.69 Å². The van der Waals surface area contributed by atoms with E-state index in [2.05, 4.69) is 5.92 Å². The summed E-state index contributed by atoms with van der Waals surface area (Å²) in [6.07, 6.45) is 5.62. The van der Waals surface area contributed by atoms with Crippen LogP contribution < -0.4 is 5.73 Å². The third-order valence-electron chi connectivity index (χ3n) is 1.60. The molecule has 0 atom stereocenters. The zero-order chi connectivity index (χ0) is 11.7. The first-order chi connectivity index (χ1) is 7.11. The summed E-state index contributed by atoms with van der Waals surface area (Å²) in [5, 5.41) is 8.44. The molecule has 0 amide bonds. The van der Waals surface area contributed by atoms with Gasteiger partial charge < -0.3 is 10.8 Å². The standard InChI is InChI=1S/C8H9NO2.C4H6/c9-7-4-2-1-3-6(7)5-8(10)11;1-3-4-2/h1-4H,5,9H2,(H,10,11);1H,4H2,2H3. The molecule has 0 aliphatic carbocycles. The quantitative estimate of drug-likeness (QED) is 0.572. The molecule has 0 aliphatic heterocycles. The maximum atomic E-state index is 10.3. The first-order valence-electron chi connectivity index (χ1n) is 4.60. The molecule has 15 heavy (non-hydrogen) atoms. The number of rotatable bonds is 2. The second-order valence-corrected chi connectivity index (χ2v) is 2.83. The highest BCUT2D eigenvalue weighted by atomic mass is 16.4. The third-order valence-corrected chi connectivity index (χ3v) is 1.60. The van der Waals surface area contributed by atoms with Gasteiger partial charge in [-0.1, -0.05) is 25.1 Å². The molecule has 0 fully saturated rings. The number of benzene rings is 1. The van der Waals surface area contributed by atoms with Crippen molar-refractivity contribution in [1.82, 2.24) is 0 Å². The average Bonchev–Trinajstić information content (AvgIpc) is 2.21. The minimum Gasteiger partial charge on any atom is -0.481 e. The lowest BCUT2D eigenvalue weighted by Crippen LogP contribution is -2.02. The number of carbonyl (C=O) groups is 1. The van der Waals surface area contributed by atoms with Crippen molar-refractivity contribution >= 4 is 11.7 Å². The first-order valence-corrected chi connectivity index (χ1v) is 4.60. The molecule has 1 aromatic rings. The van der Waals surface area contributed by atoms with Gasteiger partial charge in [0, 0.05) is 12.1 Å².